The van der Waals surface area contributed by atoms with E-state index in [0.29, 0.717) is 6.42 Å². The quantitative estimate of drug-likeness (QED) is 0.767. The van der Waals surface area contributed by atoms with E-state index in [0.717, 1.165) is 22.7 Å². The van der Waals surface area contributed by atoms with Crippen LogP contribution >= 0.6 is 0 Å². The van der Waals surface area contributed by atoms with Crippen LogP contribution in [0.3, 0.4) is 0 Å². The number of rotatable bonds is 5. The molecule has 0 saturated heterocycles. The van der Waals surface area contributed by atoms with Gasteiger partial charge in [0.2, 0.25) is 0 Å². The predicted octanol–water partition coefficient (Wildman–Crippen LogP) is 4.06. The maximum Gasteiger partial charge on any atom is 0.164 e. The SMILES string of the molecule is CCC(=O)c1ccccc1N(C)c1ccccc1OC. The lowest BCUT2D eigenvalue weighted by Crippen LogP contribution is -2.14. The number of benzene rings is 2. The summed E-state index contributed by atoms with van der Waals surface area (Å²) in [4.78, 5) is 14.1. The molecule has 3 nitrogen and oxygen atoms in total. The number of ether oxygens (including phenoxy) is 1. The Morgan fingerprint density at radius 1 is 1.05 bits per heavy atom. The Hall–Kier alpha value is -2.29. The molecule has 20 heavy (non-hydrogen) atoms. The topological polar surface area (TPSA) is 29.5 Å². The fourth-order valence-electron chi connectivity index (χ4n) is 2.23. The van der Waals surface area contributed by atoms with Gasteiger partial charge in [0.25, 0.3) is 0 Å². The van der Waals surface area contributed by atoms with Crippen LogP contribution in [-0.4, -0.2) is 19.9 Å². The summed E-state index contributed by atoms with van der Waals surface area (Å²) in [6.45, 7) is 1.88. The van der Waals surface area contributed by atoms with E-state index in [1.54, 1.807) is 7.11 Å². The van der Waals surface area contributed by atoms with Crippen LogP contribution in [0.1, 0.15) is 23.7 Å². The molecule has 3 heteroatoms. The lowest BCUT2D eigenvalue weighted by Gasteiger charge is -2.23. The Labute approximate surface area is 119 Å². The van der Waals surface area contributed by atoms with Gasteiger partial charge in [-0.3, -0.25) is 4.79 Å². The van der Waals surface area contributed by atoms with Crippen molar-refractivity contribution in [2.24, 2.45) is 0 Å². The Kier molecular flexibility index (Phi) is 4.41. The zero-order valence-corrected chi connectivity index (χ0v) is 12.1. The molecule has 2 rings (SSSR count). The van der Waals surface area contributed by atoms with E-state index in [2.05, 4.69) is 0 Å². The maximum atomic E-state index is 12.1. The highest BCUT2D eigenvalue weighted by atomic mass is 16.5. The second-order valence-electron chi connectivity index (χ2n) is 4.52. The zero-order valence-electron chi connectivity index (χ0n) is 12.1. The number of para-hydroxylation sites is 3. The number of Topliss-reactive ketones (excluding diaryl/α,β-unsaturated/α-hetero) is 1. The highest BCUT2D eigenvalue weighted by molar-refractivity contribution is 6.02. The van der Waals surface area contributed by atoms with Crippen LogP contribution in [0.25, 0.3) is 0 Å². The molecule has 0 atom stereocenters. The van der Waals surface area contributed by atoms with Crippen molar-refractivity contribution in [2.75, 3.05) is 19.1 Å². The third-order valence-electron chi connectivity index (χ3n) is 3.33. The first-order chi connectivity index (χ1) is 9.69. The molecule has 2 aromatic carbocycles. The monoisotopic (exact) mass is 269 g/mol. The molecule has 0 aromatic heterocycles. The Balaban J connectivity index is 2.48. The summed E-state index contributed by atoms with van der Waals surface area (Å²) in [5.74, 6) is 0.927. The fourth-order valence-corrected chi connectivity index (χ4v) is 2.23. The number of carbonyl (C=O) groups excluding carboxylic acids is 1. The minimum Gasteiger partial charge on any atom is -0.495 e. The van der Waals surface area contributed by atoms with E-state index in [1.165, 1.54) is 0 Å². The Morgan fingerprint density at radius 3 is 2.30 bits per heavy atom. The molecule has 0 N–H and O–H groups in total. The smallest absolute Gasteiger partial charge is 0.164 e. The van der Waals surface area contributed by atoms with Gasteiger partial charge in [0.05, 0.1) is 18.5 Å². The normalized spacial score (nSPS) is 10.2. The molecule has 2 aromatic rings. The fraction of sp³-hybridized carbons (Fsp3) is 0.235. The number of carbonyl (C=O) groups is 1. The summed E-state index contributed by atoms with van der Waals surface area (Å²) in [5.41, 5.74) is 2.57. The molecule has 0 aliphatic heterocycles. The molecule has 0 unspecified atom stereocenters. The van der Waals surface area contributed by atoms with Crippen molar-refractivity contribution in [1.82, 2.24) is 0 Å². The summed E-state index contributed by atoms with van der Waals surface area (Å²) in [6, 6.07) is 15.4. The predicted molar refractivity (Wildman–Crippen MR) is 82.1 cm³/mol. The molecule has 0 aliphatic carbocycles. The van der Waals surface area contributed by atoms with Gasteiger partial charge in [0.1, 0.15) is 5.75 Å². The van der Waals surface area contributed by atoms with Gasteiger partial charge in [-0.15, -0.1) is 0 Å². The lowest BCUT2D eigenvalue weighted by atomic mass is 10.1. The van der Waals surface area contributed by atoms with Crippen molar-refractivity contribution in [3.63, 3.8) is 0 Å². The first kappa shape index (κ1) is 14.1. The van der Waals surface area contributed by atoms with Gasteiger partial charge in [-0.1, -0.05) is 31.2 Å². The van der Waals surface area contributed by atoms with E-state index in [4.69, 9.17) is 4.74 Å². The van der Waals surface area contributed by atoms with Gasteiger partial charge in [0.15, 0.2) is 5.78 Å². The second-order valence-corrected chi connectivity index (χ2v) is 4.52. The average Bonchev–Trinajstić information content (AvgIpc) is 2.53. The molecular formula is C17H19NO2. The van der Waals surface area contributed by atoms with Gasteiger partial charge in [-0.2, -0.15) is 0 Å². The van der Waals surface area contributed by atoms with Gasteiger partial charge in [-0.05, 0) is 24.3 Å². The number of nitrogens with zero attached hydrogens (tertiary/aromatic N) is 1. The third kappa shape index (κ3) is 2.67. The highest BCUT2D eigenvalue weighted by Crippen LogP contribution is 2.34. The van der Waals surface area contributed by atoms with Gasteiger partial charge in [0, 0.05) is 19.0 Å². The number of ketones is 1. The van der Waals surface area contributed by atoms with Crippen molar-refractivity contribution in [3.05, 3.63) is 54.1 Å². The summed E-state index contributed by atoms with van der Waals surface area (Å²) in [5, 5.41) is 0. The summed E-state index contributed by atoms with van der Waals surface area (Å²) in [7, 11) is 3.59. The lowest BCUT2D eigenvalue weighted by molar-refractivity contribution is 0.0988. The number of anilines is 2. The molecule has 0 saturated carbocycles. The minimum atomic E-state index is 0.141. The van der Waals surface area contributed by atoms with Crippen molar-refractivity contribution in [1.29, 1.82) is 0 Å². The van der Waals surface area contributed by atoms with E-state index in [-0.39, 0.29) is 5.78 Å². The van der Waals surface area contributed by atoms with Crippen LogP contribution in [0.15, 0.2) is 48.5 Å². The van der Waals surface area contributed by atoms with Crippen LogP contribution < -0.4 is 9.64 Å². The first-order valence-corrected chi connectivity index (χ1v) is 6.68. The molecular weight excluding hydrogens is 250 g/mol. The van der Waals surface area contributed by atoms with Crippen molar-refractivity contribution >= 4 is 17.2 Å². The van der Waals surface area contributed by atoms with E-state index < -0.39 is 0 Å². The number of methoxy groups -OCH3 is 1. The van der Waals surface area contributed by atoms with Crippen molar-refractivity contribution < 1.29 is 9.53 Å². The van der Waals surface area contributed by atoms with Crippen LogP contribution in [-0.2, 0) is 0 Å². The molecule has 0 heterocycles. The zero-order chi connectivity index (χ0) is 14.5. The molecule has 0 bridgehead atoms. The van der Waals surface area contributed by atoms with Crippen LogP contribution in [0.4, 0.5) is 11.4 Å². The van der Waals surface area contributed by atoms with Gasteiger partial charge in [-0.25, -0.2) is 0 Å². The van der Waals surface area contributed by atoms with E-state index >= 15 is 0 Å². The Bertz CT molecular complexity index is 607. The van der Waals surface area contributed by atoms with Gasteiger partial charge >= 0.3 is 0 Å². The first-order valence-electron chi connectivity index (χ1n) is 6.68. The second kappa shape index (κ2) is 6.24. The maximum absolute atomic E-state index is 12.1. The summed E-state index contributed by atoms with van der Waals surface area (Å²) < 4.78 is 5.39. The van der Waals surface area contributed by atoms with Crippen LogP contribution in [0.5, 0.6) is 5.75 Å². The average molecular weight is 269 g/mol. The van der Waals surface area contributed by atoms with E-state index in [9.17, 15) is 4.79 Å². The van der Waals surface area contributed by atoms with Crippen molar-refractivity contribution in [2.45, 2.75) is 13.3 Å². The molecule has 0 aliphatic rings. The van der Waals surface area contributed by atoms with Crippen LogP contribution in [0.2, 0.25) is 0 Å². The van der Waals surface area contributed by atoms with Crippen LogP contribution in [0, 0.1) is 0 Å². The summed E-state index contributed by atoms with van der Waals surface area (Å²) >= 11 is 0. The Morgan fingerprint density at radius 2 is 1.65 bits per heavy atom. The van der Waals surface area contributed by atoms with Crippen molar-refractivity contribution in [3.8, 4) is 5.75 Å². The molecule has 0 spiro atoms. The molecule has 0 fully saturated rings. The largest absolute Gasteiger partial charge is 0.495 e. The van der Waals surface area contributed by atoms with Gasteiger partial charge < -0.3 is 9.64 Å². The highest BCUT2D eigenvalue weighted by Gasteiger charge is 2.15. The third-order valence-corrected chi connectivity index (χ3v) is 3.33. The molecule has 0 radical (unpaired) electrons. The molecule has 0 amide bonds. The number of hydrogen-bond donors (Lipinski definition) is 0. The summed E-state index contributed by atoms with van der Waals surface area (Å²) in [6.07, 6.45) is 0.497. The van der Waals surface area contributed by atoms with E-state index in [1.807, 2.05) is 67.4 Å². The minimum absolute atomic E-state index is 0.141. The standard InChI is InChI=1S/C17H19NO2/c1-4-16(19)13-9-5-6-10-14(13)18(2)15-11-7-8-12-17(15)20-3/h5-12H,4H2,1-3H3. The molecule has 104 valence electrons. The number of hydrogen-bond acceptors (Lipinski definition) is 3.